The van der Waals surface area contributed by atoms with Gasteiger partial charge in [0, 0.05) is 18.0 Å². The van der Waals surface area contributed by atoms with Crippen molar-refractivity contribution in [2.75, 3.05) is 21.3 Å². The predicted molar refractivity (Wildman–Crippen MR) is 122 cm³/mol. The van der Waals surface area contributed by atoms with Gasteiger partial charge in [0.25, 0.3) is 0 Å². The number of ether oxygens (including phenoxy) is 3. The van der Waals surface area contributed by atoms with E-state index >= 15 is 0 Å². The van der Waals surface area contributed by atoms with E-state index in [2.05, 4.69) is 51.8 Å². The van der Waals surface area contributed by atoms with Crippen LogP contribution in [-0.2, 0) is 5.75 Å². The van der Waals surface area contributed by atoms with Crippen molar-refractivity contribution in [2.24, 2.45) is 0 Å². The van der Waals surface area contributed by atoms with Crippen LogP contribution in [0.25, 0.3) is 17.1 Å². The van der Waals surface area contributed by atoms with Gasteiger partial charge in [-0.3, -0.25) is 4.57 Å². The van der Waals surface area contributed by atoms with Crippen LogP contribution in [-0.4, -0.2) is 41.1 Å². The van der Waals surface area contributed by atoms with Crippen LogP contribution >= 0.6 is 11.8 Å². The first kappa shape index (κ1) is 21.8. The molecule has 0 unspecified atom stereocenters. The smallest absolute Gasteiger partial charge is 0.248 e. The standard InChI is InChI=1S/C23H24N4O4S/c1-14-6-7-17(15(2)10-14)27-9-8-24-23(27)32-13-20-25-26-22(31-20)16-11-18(28-3)21(30-5)19(12-16)29-4/h6-12H,13H2,1-5H3. The van der Waals surface area contributed by atoms with Crippen molar-refractivity contribution in [3.8, 4) is 34.4 Å². The molecule has 8 nitrogen and oxygen atoms in total. The van der Waals surface area contributed by atoms with Gasteiger partial charge in [0.05, 0.1) is 32.8 Å². The molecule has 32 heavy (non-hydrogen) atoms. The van der Waals surface area contributed by atoms with Crippen molar-refractivity contribution >= 4 is 11.8 Å². The molecule has 0 N–H and O–H groups in total. The van der Waals surface area contributed by atoms with Crippen LogP contribution in [0.5, 0.6) is 17.2 Å². The Morgan fingerprint density at radius 1 is 0.969 bits per heavy atom. The van der Waals surface area contributed by atoms with Gasteiger partial charge >= 0.3 is 0 Å². The highest BCUT2D eigenvalue weighted by molar-refractivity contribution is 7.98. The molecule has 0 saturated carbocycles. The molecule has 0 spiro atoms. The molecule has 166 valence electrons. The first-order valence-corrected chi connectivity index (χ1v) is 10.9. The van der Waals surface area contributed by atoms with E-state index < -0.39 is 0 Å². The normalized spacial score (nSPS) is 10.9. The third kappa shape index (κ3) is 4.29. The largest absolute Gasteiger partial charge is 0.493 e. The minimum absolute atomic E-state index is 0.373. The Kier molecular flexibility index (Phi) is 6.36. The Bertz CT molecular complexity index is 1210. The lowest BCUT2D eigenvalue weighted by Gasteiger charge is -2.12. The third-order valence-corrected chi connectivity index (χ3v) is 5.87. The quantitative estimate of drug-likeness (QED) is 0.351. The molecule has 0 amide bonds. The minimum Gasteiger partial charge on any atom is -0.493 e. The van der Waals surface area contributed by atoms with Gasteiger partial charge < -0.3 is 18.6 Å². The van der Waals surface area contributed by atoms with Crippen molar-refractivity contribution in [2.45, 2.75) is 24.8 Å². The summed E-state index contributed by atoms with van der Waals surface area (Å²) >= 11 is 1.53. The topological polar surface area (TPSA) is 84.4 Å². The van der Waals surface area contributed by atoms with E-state index in [1.807, 2.05) is 6.20 Å². The number of aryl methyl sites for hydroxylation is 2. The van der Waals surface area contributed by atoms with Crippen molar-refractivity contribution in [1.82, 2.24) is 19.7 Å². The molecule has 0 aliphatic heterocycles. The second-order valence-corrected chi connectivity index (χ2v) is 8.02. The van der Waals surface area contributed by atoms with Crippen molar-refractivity contribution in [3.05, 3.63) is 59.7 Å². The zero-order valence-corrected chi connectivity index (χ0v) is 19.4. The Morgan fingerprint density at radius 3 is 2.38 bits per heavy atom. The van der Waals surface area contributed by atoms with Crippen LogP contribution in [0.15, 0.2) is 52.3 Å². The van der Waals surface area contributed by atoms with Crippen LogP contribution in [0.1, 0.15) is 17.0 Å². The van der Waals surface area contributed by atoms with E-state index in [4.69, 9.17) is 18.6 Å². The highest BCUT2D eigenvalue weighted by Crippen LogP contribution is 2.41. The summed E-state index contributed by atoms with van der Waals surface area (Å²) in [6, 6.07) is 9.91. The summed E-state index contributed by atoms with van der Waals surface area (Å²) in [5.41, 5.74) is 4.19. The third-order valence-electron chi connectivity index (χ3n) is 4.92. The molecule has 0 aliphatic carbocycles. The lowest BCUT2D eigenvalue weighted by molar-refractivity contribution is 0.324. The summed E-state index contributed by atoms with van der Waals surface area (Å²) in [6.45, 7) is 4.18. The van der Waals surface area contributed by atoms with Crippen LogP contribution in [0, 0.1) is 13.8 Å². The van der Waals surface area contributed by atoms with Crippen LogP contribution in [0.4, 0.5) is 0 Å². The van der Waals surface area contributed by atoms with Gasteiger partial charge in [0.1, 0.15) is 0 Å². The molecule has 2 heterocycles. The molecule has 0 radical (unpaired) electrons. The predicted octanol–water partition coefficient (Wildman–Crippen LogP) is 4.86. The molecule has 0 fully saturated rings. The average Bonchev–Trinajstić information content (AvgIpc) is 3.46. The number of benzene rings is 2. The highest BCUT2D eigenvalue weighted by Gasteiger charge is 2.18. The Morgan fingerprint density at radius 2 is 1.72 bits per heavy atom. The summed E-state index contributed by atoms with van der Waals surface area (Å²) < 4.78 is 24.1. The molecule has 4 aromatic rings. The van der Waals surface area contributed by atoms with Gasteiger partial charge in [-0.15, -0.1) is 10.2 Å². The fourth-order valence-corrected chi connectivity index (χ4v) is 4.22. The monoisotopic (exact) mass is 452 g/mol. The van der Waals surface area contributed by atoms with Gasteiger partial charge in [-0.1, -0.05) is 29.5 Å². The lowest BCUT2D eigenvalue weighted by Crippen LogP contribution is -1.98. The number of thioether (sulfide) groups is 1. The summed E-state index contributed by atoms with van der Waals surface area (Å²) in [7, 11) is 4.69. The number of imidazole rings is 1. The van der Waals surface area contributed by atoms with Crippen LogP contribution in [0.2, 0.25) is 0 Å². The maximum absolute atomic E-state index is 5.89. The molecule has 2 aromatic heterocycles. The lowest BCUT2D eigenvalue weighted by atomic mass is 10.1. The summed E-state index contributed by atoms with van der Waals surface area (Å²) in [5.74, 6) is 2.90. The second kappa shape index (κ2) is 9.35. The number of aromatic nitrogens is 4. The Hall–Kier alpha value is -3.46. The van der Waals surface area contributed by atoms with Crippen LogP contribution in [0.3, 0.4) is 0 Å². The zero-order valence-electron chi connectivity index (χ0n) is 18.6. The number of hydrogen-bond acceptors (Lipinski definition) is 8. The highest BCUT2D eigenvalue weighted by atomic mass is 32.2. The fourth-order valence-electron chi connectivity index (χ4n) is 3.41. The second-order valence-electron chi connectivity index (χ2n) is 7.07. The SMILES string of the molecule is COc1cc(-c2nnc(CSc3nccn3-c3ccc(C)cc3C)o2)cc(OC)c1OC. The van der Waals surface area contributed by atoms with E-state index in [0.717, 1.165) is 10.8 Å². The van der Waals surface area contributed by atoms with E-state index in [0.29, 0.717) is 40.3 Å². The Labute approximate surface area is 190 Å². The molecule has 0 saturated heterocycles. The molecule has 0 bridgehead atoms. The number of methoxy groups -OCH3 is 3. The maximum Gasteiger partial charge on any atom is 0.248 e. The van der Waals surface area contributed by atoms with Gasteiger partial charge in [0.2, 0.25) is 17.5 Å². The first-order valence-electron chi connectivity index (χ1n) is 9.90. The van der Waals surface area contributed by atoms with Gasteiger partial charge in [-0.25, -0.2) is 4.98 Å². The van der Waals surface area contributed by atoms with Crippen molar-refractivity contribution < 1.29 is 18.6 Å². The number of hydrogen-bond donors (Lipinski definition) is 0. The van der Waals surface area contributed by atoms with E-state index in [1.165, 1.54) is 22.9 Å². The Balaban J connectivity index is 1.54. The molecular formula is C23H24N4O4S. The van der Waals surface area contributed by atoms with Crippen molar-refractivity contribution in [3.63, 3.8) is 0 Å². The zero-order chi connectivity index (χ0) is 22.7. The fraction of sp³-hybridized carbons (Fsp3) is 0.261. The molecule has 0 aliphatic rings. The van der Waals surface area contributed by atoms with E-state index in [-0.39, 0.29) is 0 Å². The van der Waals surface area contributed by atoms with Gasteiger partial charge in [0.15, 0.2) is 16.7 Å². The number of rotatable bonds is 8. The molecule has 9 heteroatoms. The first-order chi connectivity index (χ1) is 15.5. The summed E-state index contributed by atoms with van der Waals surface area (Å²) in [4.78, 5) is 4.49. The molecule has 0 atom stereocenters. The number of nitrogens with zero attached hydrogens (tertiary/aromatic N) is 4. The van der Waals surface area contributed by atoms with Gasteiger partial charge in [-0.2, -0.15) is 0 Å². The molecule has 2 aromatic carbocycles. The van der Waals surface area contributed by atoms with E-state index in [1.54, 1.807) is 39.7 Å². The molecular weight excluding hydrogens is 428 g/mol. The maximum atomic E-state index is 5.89. The average molecular weight is 453 g/mol. The minimum atomic E-state index is 0.373. The summed E-state index contributed by atoms with van der Waals surface area (Å²) in [6.07, 6.45) is 3.74. The van der Waals surface area contributed by atoms with Gasteiger partial charge in [-0.05, 0) is 37.6 Å². The summed E-state index contributed by atoms with van der Waals surface area (Å²) in [5, 5.41) is 9.23. The van der Waals surface area contributed by atoms with Crippen molar-refractivity contribution in [1.29, 1.82) is 0 Å². The van der Waals surface area contributed by atoms with Crippen LogP contribution < -0.4 is 14.2 Å². The van der Waals surface area contributed by atoms with E-state index in [9.17, 15) is 0 Å². The molecule has 4 rings (SSSR count).